The normalized spacial score (nSPS) is 17.5. The average Bonchev–Trinajstić information content (AvgIpc) is 2.86. The number of nitrogens with one attached hydrogen (secondary N) is 1. The second-order valence-electron chi connectivity index (χ2n) is 5.25. The summed E-state index contributed by atoms with van der Waals surface area (Å²) in [5, 5.41) is 14.6. The summed E-state index contributed by atoms with van der Waals surface area (Å²) in [6.07, 6.45) is 5.99. The molecule has 0 atom stereocenters. The number of aliphatic hydroxyl groups is 1. The number of benzene rings is 1. The van der Waals surface area contributed by atoms with Crippen LogP contribution in [0.2, 0.25) is 5.02 Å². The van der Waals surface area contributed by atoms with Crippen molar-refractivity contribution < 1.29 is 9.90 Å². The maximum atomic E-state index is 11.6. The SMILES string of the molecule is O=C(CCC1(O)CCCC1)N/N=C/c1ccccc1Cl. The minimum Gasteiger partial charge on any atom is -0.390 e. The van der Waals surface area contributed by atoms with E-state index < -0.39 is 5.60 Å². The van der Waals surface area contributed by atoms with E-state index in [0.29, 0.717) is 11.4 Å². The van der Waals surface area contributed by atoms with E-state index in [1.807, 2.05) is 18.2 Å². The first kappa shape index (κ1) is 15.0. The van der Waals surface area contributed by atoms with E-state index >= 15 is 0 Å². The van der Waals surface area contributed by atoms with E-state index in [-0.39, 0.29) is 12.3 Å². The van der Waals surface area contributed by atoms with Crippen molar-refractivity contribution in [1.82, 2.24) is 5.43 Å². The molecule has 1 aromatic rings. The first-order valence-corrected chi connectivity index (χ1v) is 7.26. The zero-order valence-electron chi connectivity index (χ0n) is 11.3. The molecule has 0 spiro atoms. The lowest BCUT2D eigenvalue weighted by molar-refractivity contribution is -0.122. The van der Waals surface area contributed by atoms with Gasteiger partial charge in [0.25, 0.3) is 0 Å². The van der Waals surface area contributed by atoms with Crippen LogP contribution in [0.3, 0.4) is 0 Å². The van der Waals surface area contributed by atoms with E-state index in [9.17, 15) is 9.90 Å². The van der Waals surface area contributed by atoms with Gasteiger partial charge in [-0.05, 0) is 25.3 Å². The number of hydrogen-bond donors (Lipinski definition) is 2. The van der Waals surface area contributed by atoms with E-state index in [2.05, 4.69) is 10.5 Å². The van der Waals surface area contributed by atoms with Crippen LogP contribution in [0.1, 0.15) is 44.1 Å². The fourth-order valence-electron chi connectivity index (χ4n) is 2.44. The van der Waals surface area contributed by atoms with Crippen molar-refractivity contribution >= 4 is 23.7 Å². The van der Waals surface area contributed by atoms with Gasteiger partial charge < -0.3 is 5.11 Å². The molecule has 1 fully saturated rings. The van der Waals surface area contributed by atoms with Crippen molar-refractivity contribution in [1.29, 1.82) is 0 Å². The van der Waals surface area contributed by atoms with Crippen molar-refractivity contribution in [2.45, 2.75) is 44.1 Å². The molecule has 0 bridgehead atoms. The molecule has 0 saturated heterocycles. The lowest BCUT2D eigenvalue weighted by atomic mass is 9.96. The Morgan fingerprint density at radius 2 is 2.10 bits per heavy atom. The Balaban J connectivity index is 1.76. The Labute approximate surface area is 123 Å². The third-order valence-corrected chi connectivity index (χ3v) is 3.99. The molecular weight excluding hydrogens is 276 g/mol. The molecule has 0 aliphatic heterocycles. The second-order valence-corrected chi connectivity index (χ2v) is 5.65. The summed E-state index contributed by atoms with van der Waals surface area (Å²) in [5.74, 6) is -0.186. The van der Waals surface area contributed by atoms with Crippen molar-refractivity contribution in [2.75, 3.05) is 0 Å². The van der Waals surface area contributed by atoms with Gasteiger partial charge in [0.15, 0.2) is 0 Å². The molecule has 1 aliphatic carbocycles. The number of amides is 1. The molecule has 1 amide bonds. The molecule has 2 N–H and O–H groups in total. The van der Waals surface area contributed by atoms with E-state index in [4.69, 9.17) is 11.6 Å². The topological polar surface area (TPSA) is 61.7 Å². The molecule has 20 heavy (non-hydrogen) atoms. The van der Waals surface area contributed by atoms with Crippen molar-refractivity contribution in [3.63, 3.8) is 0 Å². The highest BCUT2D eigenvalue weighted by atomic mass is 35.5. The van der Waals surface area contributed by atoms with Crippen molar-refractivity contribution in [3.05, 3.63) is 34.9 Å². The summed E-state index contributed by atoms with van der Waals surface area (Å²) >= 11 is 5.97. The Hall–Kier alpha value is -1.39. The highest BCUT2D eigenvalue weighted by Crippen LogP contribution is 2.33. The van der Waals surface area contributed by atoms with Crippen LogP contribution < -0.4 is 5.43 Å². The van der Waals surface area contributed by atoms with Crippen LogP contribution in [-0.4, -0.2) is 22.8 Å². The molecule has 1 saturated carbocycles. The zero-order valence-corrected chi connectivity index (χ0v) is 12.1. The third kappa shape index (κ3) is 4.32. The summed E-state index contributed by atoms with van der Waals surface area (Å²) in [4.78, 5) is 11.6. The first-order valence-electron chi connectivity index (χ1n) is 6.88. The molecule has 1 aliphatic rings. The number of carbonyl (C=O) groups excluding carboxylic acids is 1. The number of nitrogens with zero attached hydrogens (tertiary/aromatic N) is 1. The van der Waals surface area contributed by atoms with Crippen LogP contribution in [0.5, 0.6) is 0 Å². The van der Waals surface area contributed by atoms with Gasteiger partial charge in [-0.15, -0.1) is 0 Å². The smallest absolute Gasteiger partial charge is 0.240 e. The van der Waals surface area contributed by atoms with Crippen LogP contribution in [0.25, 0.3) is 0 Å². The molecule has 108 valence electrons. The van der Waals surface area contributed by atoms with Gasteiger partial charge in [0.1, 0.15) is 0 Å². The predicted octanol–water partition coefficient (Wildman–Crippen LogP) is 2.88. The van der Waals surface area contributed by atoms with Crippen molar-refractivity contribution in [2.24, 2.45) is 5.10 Å². The van der Waals surface area contributed by atoms with E-state index in [0.717, 1.165) is 31.2 Å². The van der Waals surface area contributed by atoms with Gasteiger partial charge in [0.2, 0.25) is 5.91 Å². The molecule has 0 heterocycles. The van der Waals surface area contributed by atoms with Gasteiger partial charge in [-0.25, -0.2) is 5.43 Å². The molecule has 1 aromatic carbocycles. The largest absolute Gasteiger partial charge is 0.390 e. The van der Waals surface area contributed by atoms with Crippen LogP contribution in [0.4, 0.5) is 0 Å². The number of hydrazone groups is 1. The van der Waals surface area contributed by atoms with Gasteiger partial charge >= 0.3 is 0 Å². The molecular formula is C15H19ClN2O2. The van der Waals surface area contributed by atoms with Crippen LogP contribution in [0.15, 0.2) is 29.4 Å². The maximum absolute atomic E-state index is 11.6. The lowest BCUT2D eigenvalue weighted by Crippen LogP contribution is -2.27. The molecule has 5 heteroatoms. The quantitative estimate of drug-likeness (QED) is 0.648. The fourth-order valence-corrected chi connectivity index (χ4v) is 2.62. The summed E-state index contributed by atoms with van der Waals surface area (Å²) in [6.45, 7) is 0. The van der Waals surface area contributed by atoms with Gasteiger partial charge in [0.05, 0.1) is 11.8 Å². The van der Waals surface area contributed by atoms with E-state index in [1.165, 1.54) is 6.21 Å². The Bertz CT molecular complexity index is 496. The zero-order chi connectivity index (χ0) is 14.4. The second kappa shape index (κ2) is 6.86. The highest BCUT2D eigenvalue weighted by molar-refractivity contribution is 6.33. The van der Waals surface area contributed by atoms with Crippen LogP contribution in [0, 0.1) is 0 Å². The number of carbonyl (C=O) groups is 1. The lowest BCUT2D eigenvalue weighted by Gasteiger charge is -2.20. The minimum atomic E-state index is -0.649. The van der Waals surface area contributed by atoms with E-state index in [1.54, 1.807) is 6.07 Å². The van der Waals surface area contributed by atoms with Gasteiger partial charge in [-0.3, -0.25) is 4.79 Å². The van der Waals surface area contributed by atoms with Gasteiger partial charge in [-0.2, -0.15) is 5.10 Å². The van der Waals surface area contributed by atoms with Crippen LogP contribution >= 0.6 is 11.6 Å². The monoisotopic (exact) mass is 294 g/mol. The standard InChI is InChI=1S/C15H19ClN2O2/c16-13-6-2-1-5-12(13)11-17-18-14(19)7-10-15(20)8-3-4-9-15/h1-2,5-6,11,20H,3-4,7-10H2,(H,18,19)/b17-11+. The molecule has 4 nitrogen and oxygen atoms in total. The Kier molecular flexibility index (Phi) is 5.15. The summed E-state index contributed by atoms with van der Waals surface area (Å²) in [6, 6.07) is 7.27. The molecule has 0 radical (unpaired) electrons. The third-order valence-electron chi connectivity index (χ3n) is 3.65. The fraction of sp³-hybridized carbons (Fsp3) is 0.467. The highest BCUT2D eigenvalue weighted by Gasteiger charge is 2.31. The van der Waals surface area contributed by atoms with Gasteiger partial charge in [-0.1, -0.05) is 42.6 Å². The molecule has 2 rings (SSSR count). The average molecular weight is 295 g/mol. The van der Waals surface area contributed by atoms with Gasteiger partial charge in [0, 0.05) is 17.0 Å². The summed E-state index contributed by atoms with van der Waals surface area (Å²) in [7, 11) is 0. The molecule has 0 unspecified atom stereocenters. The Morgan fingerprint density at radius 1 is 1.40 bits per heavy atom. The number of hydrogen-bond acceptors (Lipinski definition) is 3. The minimum absolute atomic E-state index is 0.186. The van der Waals surface area contributed by atoms with Crippen molar-refractivity contribution in [3.8, 4) is 0 Å². The first-order chi connectivity index (χ1) is 9.59. The molecule has 0 aromatic heterocycles. The summed E-state index contributed by atoms with van der Waals surface area (Å²) < 4.78 is 0. The number of halogens is 1. The predicted molar refractivity (Wildman–Crippen MR) is 79.8 cm³/mol. The Morgan fingerprint density at radius 3 is 2.80 bits per heavy atom. The maximum Gasteiger partial charge on any atom is 0.240 e. The summed E-state index contributed by atoms with van der Waals surface area (Å²) in [5.41, 5.74) is 2.56. The van der Waals surface area contributed by atoms with Crippen LogP contribution in [-0.2, 0) is 4.79 Å². The number of rotatable bonds is 5.